The molecular weight excluding hydrogens is 309 g/mol. The van der Waals surface area contributed by atoms with Crippen molar-refractivity contribution in [3.63, 3.8) is 0 Å². The molecule has 1 aromatic carbocycles. The second kappa shape index (κ2) is 5.57. The normalized spacial score (nSPS) is 10.5. The fraction of sp³-hybridized carbons (Fsp3) is 0.214. The van der Waals surface area contributed by atoms with Crippen LogP contribution >= 0.6 is 15.9 Å². The van der Waals surface area contributed by atoms with Gasteiger partial charge in [0.2, 0.25) is 0 Å². The Morgan fingerprint density at radius 1 is 1.26 bits per heavy atom. The Bertz CT molecular complexity index is 591. The van der Waals surface area contributed by atoms with Gasteiger partial charge in [0, 0.05) is 6.54 Å². The van der Waals surface area contributed by atoms with Gasteiger partial charge in [-0.15, -0.1) is 0 Å². The van der Waals surface area contributed by atoms with Crippen molar-refractivity contribution < 1.29 is 4.39 Å². The Hall–Kier alpha value is -1.62. The van der Waals surface area contributed by atoms with Crippen LogP contribution in [0.4, 0.5) is 15.9 Å². The molecule has 3 N–H and O–H groups in total. The summed E-state index contributed by atoms with van der Waals surface area (Å²) in [4.78, 5) is 4.20. The van der Waals surface area contributed by atoms with Gasteiger partial charge in [0.1, 0.15) is 11.6 Å². The molecule has 0 radical (unpaired) electrons. The molecule has 0 saturated heterocycles. The topological polar surface area (TPSA) is 50.9 Å². The van der Waals surface area contributed by atoms with Crippen molar-refractivity contribution in [1.82, 2.24) is 4.98 Å². The Labute approximate surface area is 120 Å². The molecule has 3 nitrogen and oxygen atoms in total. The highest BCUT2D eigenvalue weighted by Gasteiger charge is 2.06. The summed E-state index contributed by atoms with van der Waals surface area (Å²) in [6.45, 7) is 4.11. The zero-order valence-electron chi connectivity index (χ0n) is 10.8. The summed E-state index contributed by atoms with van der Waals surface area (Å²) in [5.74, 6) is 0.573. The zero-order valence-corrected chi connectivity index (χ0v) is 12.4. The van der Waals surface area contributed by atoms with Gasteiger partial charge < -0.3 is 11.1 Å². The van der Waals surface area contributed by atoms with Crippen LogP contribution < -0.4 is 11.1 Å². The molecule has 2 rings (SSSR count). The maximum absolute atomic E-state index is 13.5. The number of nitrogens with two attached hydrogens (primary N) is 1. The fourth-order valence-corrected chi connectivity index (χ4v) is 2.41. The number of hydrogen-bond acceptors (Lipinski definition) is 3. The number of anilines is 2. The van der Waals surface area contributed by atoms with Crippen molar-refractivity contribution in [2.75, 3.05) is 11.1 Å². The van der Waals surface area contributed by atoms with Crippen LogP contribution in [0.1, 0.15) is 16.7 Å². The van der Waals surface area contributed by atoms with Crippen molar-refractivity contribution in [2.45, 2.75) is 20.4 Å². The number of hydrogen-bond donors (Lipinski definition) is 2. The molecule has 0 aliphatic heterocycles. The minimum absolute atomic E-state index is 0.143. The van der Waals surface area contributed by atoms with Crippen molar-refractivity contribution in [3.8, 4) is 0 Å². The Morgan fingerprint density at radius 3 is 2.47 bits per heavy atom. The number of pyridine rings is 1. The highest BCUT2D eigenvalue weighted by Crippen LogP contribution is 2.23. The number of nitrogens with zero attached hydrogens (tertiary/aromatic N) is 1. The average Bonchev–Trinajstić information content (AvgIpc) is 2.34. The summed E-state index contributed by atoms with van der Waals surface area (Å²) in [5, 5.41) is 3.19. The molecule has 0 aliphatic rings. The number of rotatable bonds is 3. The Morgan fingerprint density at radius 2 is 1.89 bits per heavy atom. The van der Waals surface area contributed by atoms with Crippen molar-refractivity contribution in [1.29, 1.82) is 0 Å². The van der Waals surface area contributed by atoms with E-state index in [1.54, 1.807) is 26.1 Å². The van der Waals surface area contributed by atoms with Crippen molar-refractivity contribution in [3.05, 3.63) is 51.4 Å². The maximum atomic E-state index is 13.5. The number of nitrogens with one attached hydrogen (secondary N) is 1. The summed E-state index contributed by atoms with van der Waals surface area (Å²) in [6, 6.07) is 5.46. The largest absolute Gasteiger partial charge is 0.397 e. The smallest absolute Gasteiger partial charge is 0.140 e. The number of aryl methyl sites for hydroxylation is 2. The van der Waals surface area contributed by atoms with E-state index in [-0.39, 0.29) is 5.82 Å². The van der Waals surface area contributed by atoms with E-state index in [0.29, 0.717) is 29.2 Å². The fourth-order valence-electron chi connectivity index (χ4n) is 1.91. The standard InChI is InChI=1S/C14H15BrFN3/c1-8-3-10(4-9(2)13(8)16)6-18-14-12(15)5-11(17)7-19-14/h3-5,7H,6,17H2,1-2H3,(H,18,19). The van der Waals surface area contributed by atoms with Crippen molar-refractivity contribution in [2.24, 2.45) is 0 Å². The van der Waals surface area contributed by atoms with Gasteiger partial charge in [-0.2, -0.15) is 0 Å². The van der Waals surface area contributed by atoms with Gasteiger partial charge in [-0.3, -0.25) is 0 Å². The van der Waals surface area contributed by atoms with Crippen LogP contribution in [0.3, 0.4) is 0 Å². The molecule has 19 heavy (non-hydrogen) atoms. The predicted octanol–water partition coefficient (Wildman–Crippen LogP) is 3.79. The lowest BCUT2D eigenvalue weighted by molar-refractivity contribution is 0.608. The van der Waals surface area contributed by atoms with E-state index in [9.17, 15) is 4.39 Å². The molecule has 0 bridgehead atoms. The van der Waals surface area contributed by atoms with Gasteiger partial charge in [0.25, 0.3) is 0 Å². The molecule has 100 valence electrons. The van der Waals surface area contributed by atoms with E-state index in [1.807, 2.05) is 12.1 Å². The van der Waals surface area contributed by atoms with E-state index in [4.69, 9.17) is 5.73 Å². The van der Waals surface area contributed by atoms with Crippen LogP contribution in [0.15, 0.2) is 28.9 Å². The lowest BCUT2D eigenvalue weighted by Gasteiger charge is -2.10. The maximum Gasteiger partial charge on any atom is 0.140 e. The average molecular weight is 324 g/mol. The van der Waals surface area contributed by atoms with Gasteiger partial charge in [-0.25, -0.2) is 9.37 Å². The molecule has 2 aromatic rings. The molecule has 0 unspecified atom stereocenters. The lowest BCUT2D eigenvalue weighted by Crippen LogP contribution is -2.04. The first-order valence-corrected chi connectivity index (χ1v) is 6.67. The van der Waals surface area contributed by atoms with Crippen LogP contribution in [0.2, 0.25) is 0 Å². The summed E-state index contributed by atoms with van der Waals surface area (Å²) in [5.41, 5.74) is 8.56. The van der Waals surface area contributed by atoms with Crippen LogP contribution in [0.5, 0.6) is 0 Å². The minimum Gasteiger partial charge on any atom is -0.397 e. The third-order valence-corrected chi connectivity index (χ3v) is 3.42. The van der Waals surface area contributed by atoms with Crippen molar-refractivity contribution >= 4 is 27.4 Å². The SMILES string of the molecule is Cc1cc(CNc2ncc(N)cc2Br)cc(C)c1F. The quantitative estimate of drug-likeness (QED) is 0.903. The summed E-state index contributed by atoms with van der Waals surface area (Å²) < 4.78 is 14.3. The summed E-state index contributed by atoms with van der Waals surface area (Å²) in [7, 11) is 0. The second-order valence-electron chi connectivity index (χ2n) is 4.50. The van der Waals surface area contributed by atoms with Gasteiger partial charge >= 0.3 is 0 Å². The highest BCUT2D eigenvalue weighted by molar-refractivity contribution is 9.10. The molecule has 0 fully saturated rings. The van der Waals surface area contributed by atoms with Gasteiger partial charge in [-0.05, 0) is 52.5 Å². The van der Waals surface area contributed by atoms with Crippen LogP contribution in [0, 0.1) is 19.7 Å². The van der Waals surface area contributed by atoms with Gasteiger partial charge in [-0.1, -0.05) is 12.1 Å². The monoisotopic (exact) mass is 323 g/mol. The van der Waals surface area contributed by atoms with Crippen LogP contribution in [-0.2, 0) is 6.54 Å². The van der Waals surface area contributed by atoms with E-state index >= 15 is 0 Å². The molecule has 0 spiro atoms. The Kier molecular flexibility index (Phi) is 4.04. The number of benzene rings is 1. The second-order valence-corrected chi connectivity index (χ2v) is 5.35. The minimum atomic E-state index is -0.143. The third-order valence-electron chi connectivity index (χ3n) is 2.82. The number of halogens is 2. The molecule has 1 aromatic heterocycles. The first-order valence-electron chi connectivity index (χ1n) is 5.88. The van der Waals surface area contributed by atoms with E-state index in [0.717, 1.165) is 10.0 Å². The van der Waals surface area contributed by atoms with Crippen LogP contribution in [-0.4, -0.2) is 4.98 Å². The Balaban J connectivity index is 2.14. The van der Waals surface area contributed by atoms with E-state index in [1.165, 1.54) is 0 Å². The molecule has 0 atom stereocenters. The molecular formula is C14H15BrFN3. The molecule has 5 heteroatoms. The molecule has 0 amide bonds. The molecule has 1 heterocycles. The zero-order chi connectivity index (χ0) is 14.0. The van der Waals surface area contributed by atoms with Crippen LogP contribution in [0.25, 0.3) is 0 Å². The molecule has 0 saturated carbocycles. The van der Waals surface area contributed by atoms with E-state index in [2.05, 4.69) is 26.2 Å². The first-order chi connectivity index (χ1) is 8.97. The molecule has 0 aliphatic carbocycles. The third kappa shape index (κ3) is 3.23. The predicted molar refractivity (Wildman–Crippen MR) is 79.6 cm³/mol. The van der Waals surface area contributed by atoms with Gasteiger partial charge in [0.05, 0.1) is 16.4 Å². The lowest BCUT2D eigenvalue weighted by atomic mass is 10.1. The van der Waals surface area contributed by atoms with Gasteiger partial charge in [0.15, 0.2) is 0 Å². The number of aromatic nitrogens is 1. The summed E-state index contributed by atoms with van der Waals surface area (Å²) >= 11 is 3.40. The van der Waals surface area contributed by atoms with E-state index < -0.39 is 0 Å². The highest BCUT2D eigenvalue weighted by atomic mass is 79.9. The summed E-state index contributed by atoms with van der Waals surface area (Å²) in [6.07, 6.45) is 1.59. The first kappa shape index (κ1) is 13.8. The number of nitrogen functional groups attached to an aromatic ring is 1.